The van der Waals surface area contributed by atoms with Gasteiger partial charge in [0, 0.05) is 0 Å². The van der Waals surface area contributed by atoms with Gasteiger partial charge < -0.3 is 0 Å². The second-order valence-corrected chi connectivity index (χ2v) is 3.03. The molecule has 0 N–H and O–H groups in total. The van der Waals surface area contributed by atoms with E-state index in [1.54, 1.807) is 0 Å². The Hall–Kier alpha value is 1.38. The summed E-state index contributed by atoms with van der Waals surface area (Å²) >= 11 is 0. The molecule has 0 nitrogen and oxygen atoms in total. The predicted octanol–water partition coefficient (Wildman–Crippen LogP) is 1.13. The molecular weight excluding hydrogens is 171 g/mol. The van der Waals surface area contributed by atoms with Gasteiger partial charge >= 0.3 is 51.4 Å². The van der Waals surface area contributed by atoms with Gasteiger partial charge in [0.2, 0.25) is 0 Å². The molecule has 12 heavy (non-hydrogen) atoms. The smallest absolute Gasteiger partial charge is 0.103 e. The Bertz CT molecular complexity index is 79.1. The number of rotatable bonds is 8. The van der Waals surface area contributed by atoms with Gasteiger partial charge in [0.25, 0.3) is 0 Å². The van der Waals surface area contributed by atoms with Crippen LogP contribution in [0, 0.1) is 6.42 Å². The topological polar surface area (TPSA) is 0 Å². The maximum atomic E-state index is 3.65. The second-order valence-electron chi connectivity index (χ2n) is 3.03. The zero-order chi connectivity index (χ0) is 8.36. The molecule has 0 saturated carbocycles. The van der Waals surface area contributed by atoms with Gasteiger partial charge in [-0.15, -0.1) is 6.58 Å². The number of unbranched alkanes of at least 4 members (excludes halogenated alkanes) is 7. The SMILES string of the molecule is C=C[CH]CCCCCCCC.[K+]. The Morgan fingerprint density at radius 2 is 1.58 bits per heavy atom. The molecule has 1 heteroatoms. The van der Waals surface area contributed by atoms with Crippen molar-refractivity contribution in [3.05, 3.63) is 19.1 Å². The van der Waals surface area contributed by atoms with Crippen LogP contribution in [0.4, 0.5) is 0 Å². The van der Waals surface area contributed by atoms with Crippen LogP contribution in [0.25, 0.3) is 0 Å². The Kier molecular flexibility index (Phi) is 19.6. The summed E-state index contributed by atoms with van der Waals surface area (Å²) in [6.45, 7) is 5.91. The van der Waals surface area contributed by atoms with Crippen LogP contribution < -0.4 is 51.4 Å². The van der Waals surface area contributed by atoms with Crippen molar-refractivity contribution in [3.63, 3.8) is 0 Å². The van der Waals surface area contributed by atoms with Gasteiger partial charge in [0.1, 0.15) is 0 Å². The minimum Gasteiger partial charge on any atom is -0.103 e. The molecule has 0 atom stereocenters. The van der Waals surface area contributed by atoms with Gasteiger partial charge in [-0.25, -0.2) is 0 Å². The molecule has 0 aromatic rings. The number of hydrogen-bond donors (Lipinski definition) is 0. The van der Waals surface area contributed by atoms with E-state index in [-0.39, 0.29) is 51.4 Å². The van der Waals surface area contributed by atoms with E-state index in [1.807, 2.05) is 6.08 Å². The first-order valence-corrected chi connectivity index (χ1v) is 4.86. The third-order valence-electron chi connectivity index (χ3n) is 1.89. The quantitative estimate of drug-likeness (QED) is 0.399. The molecule has 0 rings (SSSR count). The Morgan fingerprint density at radius 1 is 1.00 bits per heavy atom. The van der Waals surface area contributed by atoms with E-state index in [2.05, 4.69) is 19.9 Å². The Morgan fingerprint density at radius 3 is 2.17 bits per heavy atom. The van der Waals surface area contributed by atoms with E-state index in [4.69, 9.17) is 0 Å². The molecule has 0 unspecified atom stereocenters. The fraction of sp³-hybridized carbons (Fsp3) is 0.727. The molecule has 0 aliphatic rings. The fourth-order valence-electron chi connectivity index (χ4n) is 1.16. The number of allylic oxidation sites excluding steroid dienone is 1. The summed E-state index contributed by atoms with van der Waals surface area (Å²) in [4.78, 5) is 0. The minimum absolute atomic E-state index is 0. The monoisotopic (exact) mass is 192 g/mol. The van der Waals surface area contributed by atoms with Crippen molar-refractivity contribution >= 4 is 0 Å². The van der Waals surface area contributed by atoms with Gasteiger partial charge in [0.15, 0.2) is 0 Å². The molecule has 0 aliphatic heterocycles. The molecule has 0 spiro atoms. The maximum Gasteiger partial charge on any atom is 1.00 e. The fourth-order valence-corrected chi connectivity index (χ4v) is 1.16. The van der Waals surface area contributed by atoms with Crippen LogP contribution in [-0.4, -0.2) is 0 Å². The average molecular weight is 192 g/mol. The summed E-state index contributed by atoms with van der Waals surface area (Å²) in [5, 5.41) is 0. The van der Waals surface area contributed by atoms with Crippen LogP contribution in [0.3, 0.4) is 0 Å². The maximum absolute atomic E-state index is 3.65. The van der Waals surface area contributed by atoms with Gasteiger partial charge in [0.05, 0.1) is 0 Å². The van der Waals surface area contributed by atoms with Gasteiger partial charge in [-0.05, 0) is 12.8 Å². The van der Waals surface area contributed by atoms with Crippen molar-refractivity contribution < 1.29 is 51.4 Å². The van der Waals surface area contributed by atoms with E-state index >= 15 is 0 Å². The summed E-state index contributed by atoms with van der Waals surface area (Å²) < 4.78 is 0. The molecule has 1 radical (unpaired) electrons. The Labute approximate surface area is 121 Å². The van der Waals surface area contributed by atoms with E-state index in [9.17, 15) is 0 Å². The molecule has 0 amide bonds. The second kappa shape index (κ2) is 14.9. The van der Waals surface area contributed by atoms with Crippen LogP contribution in [0.15, 0.2) is 12.7 Å². The van der Waals surface area contributed by atoms with Crippen molar-refractivity contribution in [2.75, 3.05) is 0 Å². The Balaban J connectivity index is 0. The summed E-state index contributed by atoms with van der Waals surface area (Å²) in [7, 11) is 0. The summed E-state index contributed by atoms with van der Waals surface area (Å²) in [6.07, 6.45) is 13.6. The first-order chi connectivity index (χ1) is 5.41. The van der Waals surface area contributed by atoms with Crippen LogP contribution in [-0.2, 0) is 0 Å². The molecule has 0 aromatic heterocycles. The van der Waals surface area contributed by atoms with Gasteiger partial charge in [-0.2, -0.15) is 0 Å². The predicted molar refractivity (Wildman–Crippen MR) is 52.5 cm³/mol. The summed E-state index contributed by atoms with van der Waals surface area (Å²) in [5.74, 6) is 0. The number of hydrogen-bond acceptors (Lipinski definition) is 0. The van der Waals surface area contributed by atoms with E-state index in [0.29, 0.717) is 0 Å². The largest absolute Gasteiger partial charge is 1.00 e. The molecule has 0 aromatic carbocycles. The molecule has 0 aliphatic carbocycles. The first kappa shape index (κ1) is 15.8. The summed E-state index contributed by atoms with van der Waals surface area (Å²) in [6, 6.07) is 0. The van der Waals surface area contributed by atoms with Crippen molar-refractivity contribution in [2.45, 2.75) is 51.9 Å². The molecular formula is C11H21K+. The normalized spacial score (nSPS) is 9.08. The molecule has 0 heterocycles. The molecule has 0 bridgehead atoms. The van der Waals surface area contributed by atoms with Crippen LogP contribution in [0.2, 0.25) is 0 Å². The molecule has 0 fully saturated rings. The third-order valence-corrected chi connectivity index (χ3v) is 1.89. The van der Waals surface area contributed by atoms with Crippen LogP contribution in [0.5, 0.6) is 0 Å². The van der Waals surface area contributed by atoms with E-state index in [0.717, 1.165) is 0 Å². The standard InChI is InChI=1S/C11H21.K/c1-3-5-7-9-11-10-8-6-4-2;/h3,5H,1,4,6-11H2,2H3;/q;+1. The van der Waals surface area contributed by atoms with Crippen LogP contribution >= 0.6 is 0 Å². The van der Waals surface area contributed by atoms with Gasteiger partial charge in [-0.3, -0.25) is 0 Å². The molecule has 0 saturated heterocycles. The zero-order valence-corrected chi connectivity index (χ0v) is 11.9. The molecule has 65 valence electrons. The van der Waals surface area contributed by atoms with Crippen molar-refractivity contribution in [1.82, 2.24) is 0 Å². The van der Waals surface area contributed by atoms with Crippen molar-refractivity contribution in [1.29, 1.82) is 0 Å². The van der Waals surface area contributed by atoms with Gasteiger partial charge in [-0.1, -0.05) is 51.5 Å². The van der Waals surface area contributed by atoms with E-state index in [1.165, 1.54) is 44.9 Å². The third kappa shape index (κ3) is 13.9. The average Bonchev–Trinajstić information content (AvgIpc) is 2.03. The van der Waals surface area contributed by atoms with Crippen molar-refractivity contribution in [2.24, 2.45) is 0 Å². The zero-order valence-electron chi connectivity index (χ0n) is 8.81. The minimum atomic E-state index is 0. The van der Waals surface area contributed by atoms with Crippen molar-refractivity contribution in [3.8, 4) is 0 Å². The summed E-state index contributed by atoms with van der Waals surface area (Å²) in [5.41, 5.74) is 0. The van der Waals surface area contributed by atoms with E-state index < -0.39 is 0 Å². The van der Waals surface area contributed by atoms with Crippen LogP contribution in [0.1, 0.15) is 51.9 Å². The first-order valence-electron chi connectivity index (χ1n) is 4.86.